The third kappa shape index (κ3) is 2.98. The van der Waals surface area contributed by atoms with Gasteiger partial charge in [-0.25, -0.2) is 0 Å². The topological polar surface area (TPSA) is 52.6 Å². The highest BCUT2D eigenvalue weighted by Gasteiger charge is 2.34. The van der Waals surface area contributed by atoms with Crippen molar-refractivity contribution < 1.29 is 23.1 Å². The fraction of sp³-hybridized carbons (Fsp3) is 0.417. The van der Waals surface area contributed by atoms with Crippen LogP contribution in [-0.4, -0.2) is 30.6 Å². The van der Waals surface area contributed by atoms with Crippen LogP contribution in [0.25, 0.3) is 0 Å². The van der Waals surface area contributed by atoms with Crippen molar-refractivity contribution in [2.45, 2.75) is 12.8 Å². The van der Waals surface area contributed by atoms with Crippen molar-refractivity contribution in [3.05, 3.63) is 29.3 Å². The van der Waals surface area contributed by atoms with Crippen LogP contribution in [0.2, 0.25) is 0 Å². The quantitative estimate of drug-likeness (QED) is 0.850. The molecule has 7 heteroatoms. The van der Waals surface area contributed by atoms with Gasteiger partial charge in [0.2, 0.25) is 5.91 Å². The van der Waals surface area contributed by atoms with Gasteiger partial charge in [0, 0.05) is 18.8 Å². The van der Waals surface area contributed by atoms with Gasteiger partial charge in [0.05, 0.1) is 18.7 Å². The number of hydrogen-bond donors (Lipinski definition) is 2. The van der Waals surface area contributed by atoms with E-state index in [-0.39, 0.29) is 18.0 Å². The van der Waals surface area contributed by atoms with E-state index < -0.39 is 18.3 Å². The number of halogens is 3. The molecule has 0 bridgehead atoms. The summed E-state index contributed by atoms with van der Waals surface area (Å²) < 4.78 is 38.6. The number of carbonyl (C=O) groups is 1. The molecule has 1 amide bonds. The first-order valence-corrected chi connectivity index (χ1v) is 5.74. The molecule has 2 rings (SSSR count). The number of benzene rings is 1. The number of nitrogens with one attached hydrogen (secondary N) is 1. The highest BCUT2D eigenvalue weighted by molar-refractivity contribution is 5.82. The molecule has 1 saturated heterocycles. The lowest BCUT2D eigenvalue weighted by atomic mass is 10.1. The van der Waals surface area contributed by atoms with Crippen LogP contribution in [0.1, 0.15) is 11.1 Å². The van der Waals surface area contributed by atoms with E-state index in [0.29, 0.717) is 18.8 Å². The lowest BCUT2D eigenvalue weighted by molar-refractivity contribution is -0.138. The Hall–Kier alpha value is -1.76. The van der Waals surface area contributed by atoms with Crippen LogP contribution in [0.4, 0.5) is 18.9 Å². The number of piperazine rings is 1. The van der Waals surface area contributed by atoms with Crippen molar-refractivity contribution in [2.75, 3.05) is 24.5 Å². The monoisotopic (exact) mass is 274 g/mol. The Labute approximate surface area is 107 Å². The first-order chi connectivity index (χ1) is 8.91. The van der Waals surface area contributed by atoms with Gasteiger partial charge in [0.1, 0.15) is 0 Å². The minimum atomic E-state index is -4.52. The van der Waals surface area contributed by atoms with Gasteiger partial charge in [0.25, 0.3) is 0 Å². The summed E-state index contributed by atoms with van der Waals surface area (Å²) in [5.74, 6) is -0.217. The van der Waals surface area contributed by atoms with Crippen molar-refractivity contribution in [3.8, 4) is 0 Å². The molecule has 104 valence electrons. The molecule has 1 aliphatic heterocycles. The Balaban J connectivity index is 2.35. The zero-order chi connectivity index (χ0) is 14.0. The van der Waals surface area contributed by atoms with Gasteiger partial charge in [-0.1, -0.05) is 6.07 Å². The second-order valence-corrected chi connectivity index (χ2v) is 4.27. The molecule has 0 saturated carbocycles. The Morgan fingerprint density at radius 3 is 2.68 bits per heavy atom. The van der Waals surface area contributed by atoms with Crippen LogP contribution >= 0.6 is 0 Å². The first kappa shape index (κ1) is 13.7. The van der Waals surface area contributed by atoms with Gasteiger partial charge in [-0.3, -0.25) is 4.79 Å². The number of anilines is 1. The number of nitrogens with zero attached hydrogens (tertiary/aromatic N) is 1. The molecule has 1 fully saturated rings. The van der Waals surface area contributed by atoms with E-state index in [9.17, 15) is 18.0 Å². The zero-order valence-electron chi connectivity index (χ0n) is 10.00. The Morgan fingerprint density at radius 2 is 2.11 bits per heavy atom. The Bertz CT molecular complexity index is 488. The highest BCUT2D eigenvalue weighted by Crippen LogP contribution is 2.34. The van der Waals surface area contributed by atoms with Gasteiger partial charge >= 0.3 is 6.18 Å². The second-order valence-electron chi connectivity index (χ2n) is 4.27. The number of carbonyl (C=O) groups excluding carboxylic acids is 1. The zero-order valence-corrected chi connectivity index (χ0v) is 10.00. The molecule has 1 heterocycles. The van der Waals surface area contributed by atoms with Crippen LogP contribution in [0.15, 0.2) is 18.2 Å². The summed E-state index contributed by atoms with van der Waals surface area (Å²) in [6.07, 6.45) is -4.52. The van der Waals surface area contributed by atoms with Gasteiger partial charge in [-0.15, -0.1) is 0 Å². The predicted molar refractivity (Wildman–Crippen MR) is 62.6 cm³/mol. The maximum Gasteiger partial charge on any atom is 0.416 e. The molecule has 0 unspecified atom stereocenters. The second kappa shape index (κ2) is 5.08. The number of hydrogen-bond acceptors (Lipinski definition) is 3. The smallest absolute Gasteiger partial charge is 0.392 e. The first-order valence-electron chi connectivity index (χ1n) is 5.74. The predicted octanol–water partition coefficient (Wildman–Crippen LogP) is 1.13. The average molecular weight is 274 g/mol. The largest absolute Gasteiger partial charge is 0.416 e. The van der Waals surface area contributed by atoms with Crippen molar-refractivity contribution in [1.82, 2.24) is 5.32 Å². The summed E-state index contributed by atoms with van der Waals surface area (Å²) in [5.41, 5.74) is -0.699. The number of rotatable bonds is 2. The van der Waals surface area contributed by atoms with E-state index in [1.54, 1.807) is 4.90 Å². The van der Waals surface area contributed by atoms with E-state index >= 15 is 0 Å². The van der Waals surface area contributed by atoms with Crippen LogP contribution < -0.4 is 10.2 Å². The van der Waals surface area contributed by atoms with E-state index in [1.165, 1.54) is 12.1 Å². The minimum Gasteiger partial charge on any atom is -0.392 e. The Kier molecular flexibility index (Phi) is 3.66. The summed E-state index contributed by atoms with van der Waals surface area (Å²) in [6, 6.07) is 3.70. The summed E-state index contributed by atoms with van der Waals surface area (Å²) in [5, 5.41) is 11.6. The molecule has 0 atom stereocenters. The molecule has 19 heavy (non-hydrogen) atoms. The maximum absolute atomic E-state index is 12.9. The third-order valence-corrected chi connectivity index (χ3v) is 2.97. The Morgan fingerprint density at radius 1 is 1.37 bits per heavy atom. The summed E-state index contributed by atoms with van der Waals surface area (Å²) in [7, 11) is 0. The molecule has 0 radical (unpaired) electrons. The van der Waals surface area contributed by atoms with Crippen LogP contribution in [0.3, 0.4) is 0 Å². The summed E-state index contributed by atoms with van der Waals surface area (Å²) in [4.78, 5) is 12.8. The fourth-order valence-corrected chi connectivity index (χ4v) is 2.02. The van der Waals surface area contributed by atoms with Crippen LogP contribution in [0, 0.1) is 0 Å². The lowest BCUT2D eigenvalue weighted by Crippen LogP contribution is -2.47. The molecule has 1 aromatic carbocycles. The number of aliphatic hydroxyl groups is 1. The van der Waals surface area contributed by atoms with E-state index in [4.69, 9.17) is 5.11 Å². The molecular formula is C12H13F3N2O2. The lowest BCUT2D eigenvalue weighted by Gasteiger charge is -2.29. The highest BCUT2D eigenvalue weighted by atomic mass is 19.4. The SMILES string of the molecule is O=C1CN(c2ccc(CO)c(C(F)(F)F)c2)CCN1. The molecule has 0 aromatic heterocycles. The molecule has 1 aromatic rings. The van der Waals surface area contributed by atoms with E-state index in [2.05, 4.69) is 5.32 Å². The van der Waals surface area contributed by atoms with Crippen LogP contribution in [-0.2, 0) is 17.6 Å². The van der Waals surface area contributed by atoms with Gasteiger partial charge in [-0.05, 0) is 17.7 Å². The summed E-state index contributed by atoms with van der Waals surface area (Å²) in [6.45, 7) is 0.231. The van der Waals surface area contributed by atoms with E-state index in [0.717, 1.165) is 6.07 Å². The standard InChI is InChI=1S/C12H13F3N2O2/c13-12(14,15)10-5-9(2-1-8(10)7-18)17-4-3-16-11(19)6-17/h1-2,5,18H,3-4,6-7H2,(H,16,19). The van der Waals surface area contributed by atoms with Crippen LogP contribution in [0.5, 0.6) is 0 Å². The molecule has 4 nitrogen and oxygen atoms in total. The molecular weight excluding hydrogens is 261 g/mol. The van der Waals surface area contributed by atoms with Gasteiger partial charge < -0.3 is 15.3 Å². The number of alkyl halides is 3. The molecule has 0 aliphatic carbocycles. The molecule has 1 aliphatic rings. The number of aliphatic hydroxyl groups excluding tert-OH is 1. The van der Waals surface area contributed by atoms with Crippen molar-refractivity contribution in [1.29, 1.82) is 0 Å². The van der Waals surface area contributed by atoms with Crippen molar-refractivity contribution in [3.63, 3.8) is 0 Å². The normalized spacial score (nSPS) is 16.4. The summed E-state index contributed by atoms with van der Waals surface area (Å²) >= 11 is 0. The average Bonchev–Trinajstić information content (AvgIpc) is 2.37. The third-order valence-electron chi connectivity index (χ3n) is 2.97. The minimum absolute atomic E-state index is 0.0375. The maximum atomic E-state index is 12.9. The van der Waals surface area contributed by atoms with Crippen molar-refractivity contribution in [2.24, 2.45) is 0 Å². The van der Waals surface area contributed by atoms with Crippen molar-refractivity contribution >= 4 is 11.6 Å². The molecule has 2 N–H and O–H groups in total. The van der Waals surface area contributed by atoms with Gasteiger partial charge in [0.15, 0.2) is 0 Å². The number of amides is 1. The van der Waals surface area contributed by atoms with E-state index in [1.807, 2.05) is 0 Å². The fourth-order valence-electron chi connectivity index (χ4n) is 2.02. The van der Waals surface area contributed by atoms with Gasteiger partial charge in [-0.2, -0.15) is 13.2 Å². The molecule has 0 spiro atoms.